The lowest BCUT2D eigenvalue weighted by Gasteiger charge is -2.19. The van der Waals surface area contributed by atoms with Crippen LogP contribution in [-0.4, -0.2) is 16.9 Å². The van der Waals surface area contributed by atoms with E-state index in [1.165, 1.54) is 0 Å². The zero-order valence-corrected chi connectivity index (χ0v) is 20.5. The Labute approximate surface area is 204 Å². The summed E-state index contributed by atoms with van der Waals surface area (Å²) in [6.45, 7) is 8.25. The number of carbonyl (C=O) groups is 2. The molecule has 3 rings (SSSR count). The summed E-state index contributed by atoms with van der Waals surface area (Å²) in [6, 6.07) is 19.7. The van der Waals surface area contributed by atoms with E-state index < -0.39 is 0 Å². The zero-order chi connectivity index (χ0) is 24.2. The number of rotatable bonds is 4. The maximum Gasteiger partial charge on any atom is 0.257 e. The van der Waals surface area contributed by atoms with Crippen LogP contribution in [0.4, 0.5) is 11.4 Å². The molecule has 0 unspecified atom stereocenters. The first kappa shape index (κ1) is 24.4. The Kier molecular flexibility index (Phi) is 7.51. The molecule has 3 aromatic carbocycles. The van der Waals surface area contributed by atoms with Crippen molar-refractivity contribution in [3.63, 3.8) is 0 Å². The molecule has 170 valence electrons. The third-order valence-electron chi connectivity index (χ3n) is 5.05. The van der Waals surface area contributed by atoms with Gasteiger partial charge in [-0.25, -0.2) is 0 Å². The summed E-state index contributed by atoms with van der Waals surface area (Å²) in [6.07, 6.45) is 0. The summed E-state index contributed by atoms with van der Waals surface area (Å²) in [5, 5.41) is 9.12. The van der Waals surface area contributed by atoms with Crippen LogP contribution in [0.5, 0.6) is 0 Å². The van der Waals surface area contributed by atoms with Gasteiger partial charge in [0.05, 0.1) is 0 Å². The van der Waals surface area contributed by atoms with Crippen molar-refractivity contribution in [1.82, 2.24) is 5.32 Å². The molecule has 0 bridgehead atoms. The fourth-order valence-corrected chi connectivity index (χ4v) is 3.46. The third-order valence-corrected chi connectivity index (χ3v) is 5.66. The maximum absolute atomic E-state index is 12.6. The predicted octanol–water partition coefficient (Wildman–Crippen LogP) is 6.33. The molecule has 0 radical (unpaired) electrons. The van der Waals surface area contributed by atoms with E-state index in [9.17, 15) is 9.59 Å². The molecule has 0 aliphatic rings. The van der Waals surface area contributed by atoms with Crippen molar-refractivity contribution in [3.8, 4) is 0 Å². The first-order valence-electron chi connectivity index (χ1n) is 10.4. The van der Waals surface area contributed by atoms with Gasteiger partial charge < -0.3 is 10.6 Å². The number of benzene rings is 3. The molecule has 0 heterocycles. The fraction of sp³-hybridized carbons (Fsp3) is 0.192. The highest BCUT2D eigenvalue weighted by Gasteiger charge is 2.15. The first-order valence-corrected chi connectivity index (χ1v) is 11.2. The summed E-state index contributed by atoms with van der Waals surface area (Å²) in [5.74, 6) is -0.572. The van der Waals surface area contributed by atoms with Gasteiger partial charge in [0.15, 0.2) is 5.11 Å². The molecule has 0 aliphatic heterocycles. The number of anilines is 2. The average Bonchev–Trinajstić information content (AvgIpc) is 2.75. The van der Waals surface area contributed by atoms with E-state index >= 15 is 0 Å². The molecular weight excluding hydrogens is 454 g/mol. The molecule has 3 N–H and O–H groups in total. The van der Waals surface area contributed by atoms with Gasteiger partial charge in [-0.3, -0.25) is 14.9 Å². The van der Waals surface area contributed by atoms with Gasteiger partial charge in [0, 0.05) is 27.5 Å². The van der Waals surface area contributed by atoms with Crippen molar-refractivity contribution in [1.29, 1.82) is 0 Å². The Morgan fingerprint density at radius 1 is 0.818 bits per heavy atom. The molecule has 0 aromatic heterocycles. The number of amides is 2. The van der Waals surface area contributed by atoms with E-state index in [0.29, 0.717) is 27.5 Å². The van der Waals surface area contributed by atoms with E-state index in [-0.39, 0.29) is 22.3 Å². The van der Waals surface area contributed by atoms with E-state index in [1.54, 1.807) is 42.5 Å². The molecule has 0 aliphatic carbocycles. The molecule has 33 heavy (non-hydrogen) atoms. The number of hydrogen-bond acceptors (Lipinski definition) is 3. The van der Waals surface area contributed by atoms with Crippen LogP contribution in [0.25, 0.3) is 0 Å². The maximum atomic E-state index is 12.6. The average molecular weight is 480 g/mol. The van der Waals surface area contributed by atoms with Gasteiger partial charge in [-0.15, -0.1) is 0 Å². The van der Waals surface area contributed by atoms with Crippen LogP contribution < -0.4 is 16.0 Å². The number of halogens is 1. The predicted molar refractivity (Wildman–Crippen MR) is 139 cm³/mol. The molecule has 0 atom stereocenters. The molecule has 5 nitrogen and oxygen atoms in total. The van der Waals surface area contributed by atoms with E-state index in [1.807, 2.05) is 31.2 Å². The minimum Gasteiger partial charge on any atom is -0.332 e. The van der Waals surface area contributed by atoms with Crippen molar-refractivity contribution >= 4 is 52.1 Å². The highest BCUT2D eigenvalue weighted by atomic mass is 35.5. The van der Waals surface area contributed by atoms with E-state index in [0.717, 1.165) is 11.1 Å². The van der Waals surface area contributed by atoms with E-state index in [2.05, 4.69) is 36.7 Å². The first-order chi connectivity index (χ1) is 15.5. The van der Waals surface area contributed by atoms with Crippen LogP contribution in [-0.2, 0) is 5.41 Å². The molecule has 3 aromatic rings. The largest absolute Gasteiger partial charge is 0.332 e. The minimum atomic E-state index is -0.363. The lowest BCUT2D eigenvalue weighted by atomic mass is 9.87. The van der Waals surface area contributed by atoms with Crippen molar-refractivity contribution in [2.45, 2.75) is 33.1 Å². The summed E-state index contributed by atoms with van der Waals surface area (Å²) in [4.78, 5) is 25.0. The highest BCUT2D eigenvalue weighted by molar-refractivity contribution is 7.80. The second-order valence-electron chi connectivity index (χ2n) is 8.73. The molecule has 0 saturated heterocycles. The van der Waals surface area contributed by atoms with Crippen LogP contribution >= 0.6 is 23.8 Å². The number of hydrogen-bond donors (Lipinski definition) is 3. The quantitative estimate of drug-likeness (QED) is 0.382. The highest BCUT2D eigenvalue weighted by Crippen LogP contribution is 2.23. The lowest BCUT2D eigenvalue weighted by Crippen LogP contribution is -2.34. The SMILES string of the molecule is Cc1ccc(C(=O)NC(=S)Nc2cccc(NC(=O)c3ccc(C(C)(C)C)cc3)c2)cc1Cl. The fourth-order valence-electron chi connectivity index (χ4n) is 3.07. The zero-order valence-electron chi connectivity index (χ0n) is 19.0. The monoisotopic (exact) mass is 479 g/mol. The number of thiocarbonyl (C=S) groups is 1. The summed E-state index contributed by atoms with van der Waals surface area (Å²) < 4.78 is 0. The van der Waals surface area contributed by atoms with Gasteiger partial charge in [-0.05, 0) is 78.1 Å². The summed E-state index contributed by atoms with van der Waals surface area (Å²) in [7, 11) is 0. The number of carbonyl (C=O) groups excluding carboxylic acids is 2. The van der Waals surface area contributed by atoms with Gasteiger partial charge in [0.25, 0.3) is 11.8 Å². The van der Waals surface area contributed by atoms with Crippen molar-refractivity contribution in [2.75, 3.05) is 10.6 Å². The molecule has 7 heteroatoms. The van der Waals surface area contributed by atoms with Gasteiger partial charge in [0.2, 0.25) is 0 Å². The van der Waals surface area contributed by atoms with Gasteiger partial charge in [-0.2, -0.15) is 0 Å². The van der Waals surface area contributed by atoms with Gasteiger partial charge in [-0.1, -0.05) is 56.6 Å². The number of nitrogens with one attached hydrogen (secondary N) is 3. The smallest absolute Gasteiger partial charge is 0.257 e. The molecule has 0 fully saturated rings. The Balaban J connectivity index is 1.62. The Morgan fingerprint density at radius 2 is 1.42 bits per heavy atom. The van der Waals surface area contributed by atoms with Crippen LogP contribution in [0.2, 0.25) is 5.02 Å². The Morgan fingerprint density at radius 3 is 2.03 bits per heavy atom. The van der Waals surface area contributed by atoms with Crippen LogP contribution in [0, 0.1) is 6.92 Å². The van der Waals surface area contributed by atoms with Crippen LogP contribution in [0.15, 0.2) is 66.7 Å². The minimum absolute atomic E-state index is 0.0224. The Hall–Kier alpha value is -3.22. The molecule has 0 spiro atoms. The molecule has 2 amide bonds. The number of aryl methyl sites for hydroxylation is 1. The third kappa shape index (κ3) is 6.63. The molecular formula is C26H26ClN3O2S. The van der Waals surface area contributed by atoms with Crippen LogP contribution in [0.3, 0.4) is 0 Å². The van der Waals surface area contributed by atoms with Gasteiger partial charge in [0.1, 0.15) is 0 Å². The Bertz CT molecular complexity index is 1200. The molecule has 0 saturated carbocycles. The standard InChI is InChI=1S/C26H26ClN3O2S/c1-16-8-9-18(14-22(16)27)24(32)30-25(33)29-21-7-5-6-20(15-21)28-23(31)17-10-12-19(13-11-17)26(2,3)4/h5-15H,1-4H3,(H,28,31)(H2,29,30,32,33). The summed E-state index contributed by atoms with van der Waals surface area (Å²) >= 11 is 11.3. The second kappa shape index (κ2) is 10.1. The lowest BCUT2D eigenvalue weighted by molar-refractivity contribution is 0.0976. The normalized spacial score (nSPS) is 10.9. The van der Waals surface area contributed by atoms with Gasteiger partial charge >= 0.3 is 0 Å². The van der Waals surface area contributed by atoms with Crippen molar-refractivity contribution < 1.29 is 9.59 Å². The van der Waals surface area contributed by atoms with Crippen molar-refractivity contribution in [3.05, 3.63) is 94.0 Å². The second-order valence-corrected chi connectivity index (χ2v) is 9.55. The van der Waals surface area contributed by atoms with E-state index in [4.69, 9.17) is 23.8 Å². The summed E-state index contributed by atoms with van der Waals surface area (Å²) in [5.41, 5.74) is 4.28. The topological polar surface area (TPSA) is 70.2 Å². The van der Waals surface area contributed by atoms with Crippen LogP contribution in [0.1, 0.15) is 52.6 Å². The van der Waals surface area contributed by atoms with Crippen molar-refractivity contribution in [2.24, 2.45) is 0 Å².